The highest BCUT2D eigenvalue weighted by molar-refractivity contribution is 6.37. The average molecular weight is 336 g/mol. The maximum atomic E-state index is 12.8. The summed E-state index contributed by atoms with van der Waals surface area (Å²) in [4.78, 5) is 26.8. The molecule has 0 unspecified atom stereocenters. The van der Waals surface area contributed by atoms with E-state index in [1.807, 2.05) is 43.3 Å². The van der Waals surface area contributed by atoms with Crippen molar-refractivity contribution >= 4 is 23.1 Å². The summed E-state index contributed by atoms with van der Waals surface area (Å²) in [5.74, 6) is -0.0813. The van der Waals surface area contributed by atoms with Crippen LogP contribution in [-0.4, -0.2) is 30.4 Å². The molecule has 0 atom stereocenters. The number of rotatable bonds is 5. The maximum Gasteiger partial charge on any atom is 0.278 e. The number of ether oxygens (including phenoxy) is 1. The van der Waals surface area contributed by atoms with Gasteiger partial charge in [-0.15, -0.1) is 0 Å². The first-order chi connectivity index (χ1) is 12.1. The van der Waals surface area contributed by atoms with E-state index in [1.54, 1.807) is 26.2 Å². The fourth-order valence-corrected chi connectivity index (χ4v) is 2.95. The molecule has 0 saturated carbocycles. The lowest BCUT2D eigenvalue weighted by Crippen LogP contribution is -2.32. The first-order valence-corrected chi connectivity index (χ1v) is 8.14. The Morgan fingerprint density at radius 3 is 2.48 bits per heavy atom. The van der Waals surface area contributed by atoms with Gasteiger partial charge in [-0.2, -0.15) is 0 Å². The third-order valence-corrected chi connectivity index (χ3v) is 4.15. The number of para-hydroxylation sites is 1. The smallest absolute Gasteiger partial charge is 0.278 e. The Kier molecular flexibility index (Phi) is 4.57. The molecule has 0 fully saturated rings. The summed E-state index contributed by atoms with van der Waals surface area (Å²) in [6, 6.07) is 14.9. The molecule has 0 radical (unpaired) electrons. The predicted molar refractivity (Wildman–Crippen MR) is 97.1 cm³/mol. The van der Waals surface area contributed by atoms with Crippen LogP contribution in [0.3, 0.4) is 0 Å². The van der Waals surface area contributed by atoms with Crippen molar-refractivity contribution in [3.8, 4) is 5.75 Å². The minimum atomic E-state index is -0.324. The third-order valence-electron chi connectivity index (χ3n) is 4.15. The highest BCUT2D eigenvalue weighted by Crippen LogP contribution is 2.35. The molecule has 5 nitrogen and oxygen atoms in total. The molecule has 128 valence electrons. The standard InChI is InChI=1S/C20H20N2O3/c1-4-22-19(23)17(15-10-5-6-11-16(15)25-3)18(20(22)24)21-14-9-7-8-13(2)12-14/h5-12,21H,4H2,1-3H3. The Balaban J connectivity index is 2.15. The van der Waals surface area contributed by atoms with E-state index in [9.17, 15) is 9.59 Å². The van der Waals surface area contributed by atoms with Gasteiger partial charge in [0, 0.05) is 17.8 Å². The van der Waals surface area contributed by atoms with Gasteiger partial charge in [0.2, 0.25) is 0 Å². The van der Waals surface area contributed by atoms with Gasteiger partial charge in [-0.25, -0.2) is 0 Å². The Morgan fingerprint density at radius 1 is 1.04 bits per heavy atom. The number of nitrogens with zero attached hydrogens (tertiary/aromatic N) is 1. The van der Waals surface area contributed by atoms with Crippen molar-refractivity contribution in [2.45, 2.75) is 13.8 Å². The summed E-state index contributed by atoms with van der Waals surface area (Å²) in [6.07, 6.45) is 0. The molecule has 1 aliphatic rings. The van der Waals surface area contributed by atoms with Gasteiger partial charge in [0.15, 0.2) is 0 Å². The molecule has 0 bridgehead atoms. The Morgan fingerprint density at radius 2 is 1.80 bits per heavy atom. The third kappa shape index (κ3) is 3.01. The quantitative estimate of drug-likeness (QED) is 0.852. The summed E-state index contributed by atoms with van der Waals surface area (Å²) in [5.41, 5.74) is 3.05. The molecule has 0 aliphatic carbocycles. The van der Waals surface area contributed by atoms with Crippen molar-refractivity contribution < 1.29 is 14.3 Å². The van der Waals surface area contributed by atoms with E-state index in [1.165, 1.54) is 4.90 Å². The maximum absolute atomic E-state index is 12.8. The van der Waals surface area contributed by atoms with Crippen LogP contribution >= 0.6 is 0 Å². The summed E-state index contributed by atoms with van der Waals surface area (Å²) in [7, 11) is 1.55. The lowest BCUT2D eigenvalue weighted by molar-refractivity contribution is -0.136. The van der Waals surface area contributed by atoms with Gasteiger partial charge in [-0.1, -0.05) is 30.3 Å². The fourth-order valence-electron chi connectivity index (χ4n) is 2.95. The SMILES string of the molecule is CCN1C(=O)C(Nc2cccc(C)c2)=C(c2ccccc2OC)C1=O. The van der Waals surface area contributed by atoms with Crippen LogP contribution in [0.25, 0.3) is 5.57 Å². The molecule has 2 amide bonds. The fraction of sp³-hybridized carbons (Fsp3) is 0.200. The normalized spacial score (nSPS) is 14.3. The molecular weight excluding hydrogens is 316 g/mol. The van der Waals surface area contributed by atoms with E-state index >= 15 is 0 Å². The van der Waals surface area contributed by atoms with Crippen molar-refractivity contribution in [2.24, 2.45) is 0 Å². The van der Waals surface area contributed by atoms with E-state index in [2.05, 4.69) is 5.32 Å². The van der Waals surface area contributed by atoms with Gasteiger partial charge in [-0.05, 0) is 37.6 Å². The highest BCUT2D eigenvalue weighted by Gasteiger charge is 2.39. The summed E-state index contributed by atoms with van der Waals surface area (Å²) >= 11 is 0. The lowest BCUT2D eigenvalue weighted by Gasteiger charge is -2.12. The number of hydrogen-bond donors (Lipinski definition) is 1. The number of imide groups is 1. The average Bonchev–Trinajstić information content (AvgIpc) is 2.84. The van der Waals surface area contributed by atoms with Gasteiger partial charge in [0.1, 0.15) is 11.4 Å². The number of benzene rings is 2. The monoisotopic (exact) mass is 336 g/mol. The van der Waals surface area contributed by atoms with Crippen LogP contribution in [0.15, 0.2) is 54.2 Å². The molecule has 0 spiro atoms. The highest BCUT2D eigenvalue weighted by atomic mass is 16.5. The predicted octanol–water partition coefficient (Wildman–Crippen LogP) is 3.22. The second-order valence-corrected chi connectivity index (χ2v) is 5.80. The van der Waals surface area contributed by atoms with E-state index in [0.717, 1.165) is 11.3 Å². The van der Waals surface area contributed by atoms with Crippen molar-refractivity contribution in [2.75, 3.05) is 19.0 Å². The second-order valence-electron chi connectivity index (χ2n) is 5.80. The lowest BCUT2D eigenvalue weighted by atomic mass is 10.0. The molecule has 1 N–H and O–H groups in total. The molecule has 25 heavy (non-hydrogen) atoms. The van der Waals surface area contributed by atoms with Crippen molar-refractivity contribution in [3.05, 3.63) is 65.4 Å². The molecule has 3 rings (SSSR count). The Labute approximate surface area is 146 Å². The van der Waals surface area contributed by atoms with Crippen LogP contribution in [-0.2, 0) is 9.59 Å². The number of anilines is 1. The topological polar surface area (TPSA) is 58.6 Å². The number of aryl methyl sites for hydroxylation is 1. The van der Waals surface area contributed by atoms with Gasteiger partial charge in [-0.3, -0.25) is 14.5 Å². The first kappa shape index (κ1) is 16.8. The second kappa shape index (κ2) is 6.81. The number of likely N-dealkylation sites (N-methyl/N-ethyl adjacent to an activating group) is 1. The molecule has 2 aromatic rings. The van der Waals surface area contributed by atoms with E-state index in [-0.39, 0.29) is 17.5 Å². The largest absolute Gasteiger partial charge is 0.496 e. The van der Waals surface area contributed by atoms with E-state index < -0.39 is 0 Å². The zero-order chi connectivity index (χ0) is 18.0. The van der Waals surface area contributed by atoms with E-state index in [0.29, 0.717) is 23.4 Å². The van der Waals surface area contributed by atoms with E-state index in [4.69, 9.17) is 4.74 Å². The van der Waals surface area contributed by atoms with Gasteiger partial charge in [0.25, 0.3) is 11.8 Å². The zero-order valence-electron chi connectivity index (χ0n) is 14.5. The molecule has 1 aliphatic heterocycles. The number of carbonyl (C=O) groups excluding carboxylic acids is 2. The minimum absolute atomic E-state index is 0.280. The van der Waals surface area contributed by atoms with Crippen LogP contribution in [0, 0.1) is 6.92 Å². The summed E-state index contributed by atoms with van der Waals surface area (Å²) in [6.45, 7) is 4.07. The molecule has 0 saturated heterocycles. The van der Waals surface area contributed by atoms with Crippen LogP contribution in [0.5, 0.6) is 5.75 Å². The molecule has 1 heterocycles. The number of hydrogen-bond acceptors (Lipinski definition) is 4. The zero-order valence-corrected chi connectivity index (χ0v) is 14.5. The van der Waals surface area contributed by atoms with Crippen LogP contribution in [0.1, 0.15) is 18.1 Å². The first-order valence-electron chi connectivity index (χ1n) is 8.14. The van der Waals surface area contributed by atoms with Crippen molar-refractivity contribution in [3.63, 3.8) is 0 Å². The number of amides is 2. The Hall–Kier alpha value is -3.08. The minimum Gasteiger partial charge on any atom is -0.496 e. The summed E-state index contributed by atoms with van der Waals surface area (Å²) in [5, 5.41) is 3.14. The van der Waals surface area contributed by atoms with Gasteiger partial charge >= 0.3 is 0 Å². The van der Waals surface area contributed by atoms with Gasteiger partial charge < -0.3 is 10.1 Å². The number of nitrogens with one attached hydrogen (secondary N) is 1. The number of methoxy groups -OCH3 is 1. The Bertz CT molecular complexity index is 871. The molecule has 0 aromatic heterocycles. The van der Waals surface area contributed by atoms with Crippen molar-refractivity contribution in [1.29, 1.82) is 0 Å². The van der Waals surface area contributed by atoms with Crippen LogP contribution in [0.2, 0.25) is 0 Å². The van der Waals surface area contributed by atoms with Crippen molar-refractivity contribution in [1.82, 2.24) is 4.90 Å². The van der Waals surface area contributed by atoms with Gasteiger partial charge in [0.05, 0.1) is 12.7 Å². The van der Waals surface area contributed by atoms with Crippen LogP contribution in [0.4, 0.5) is 5.69 Å². The molecular formula is C20H20N2O3. The molecule has 5 heteroatoms. The summed E-state index contributed by atoms with van der Waals surface area (Å²) < 4.78 is 5.38. The molecule has 2 aromatic carbocycles. The van der Waals surface area contributed by atoms with Crippen LogP contribution < -0.4 is 10.1 Å². The number of carbonyl (C=O) groups is 2.